The third-order valence-corrected chi connectivity index (χ3v) is 4.40. The fourth-order valence-corrected chi connectivity index (χ4v) is 2.86. The van der Waals surface area contributed by atoms with E-state index in [1.807, 2.05) is 26.8 Å². The highest BCUT2D eigenvalue weighted by atomic mass is 79.9. The number of carbonyl (C=O) groups is 1. The second-order valence-corrected chi connectivity index (χ2v) is 6.29. The lowest BCUT2D eigenvalue weighted by Gasteiger charge is -2.08. The Kier molecular flexibility index (Phi) is 4.85. The number of pyridine rings is 1. The third kappa shape index (κ3) is 3.14. The van der Waals surface area contributed by atoms with Gasteiger partial charge in [-0.2, -0.15) is 5.10 Å². The van der Waals surface area contributed by atoms with Crippen molar-refractivity contribution < 1.29 is 4.79 Å². The van der Waals surface area contributed by atoms with Crippen LogP contribution in [0.15, 0.2) is 21.4 Å². The second kappa shape index (κ2) is 6.48. The molecule has 0 saturated carbocycles. The minimum atomic E-state index is -0.322. The third-order valence-electron chi connectivity index (χ3n) is 3.60. The van der Waals surface area contributed by atoms with Crippen LogP contribution in [0, 0.1) is 6.92 Å². The molecule has 0 aromatic carbocycles. The van der Waals surface area contributed by atoms with Crippen molar-refractivity contribution in [2.24, 2.45) is 7.05 Å². The highest BCUT2D eigenvalue weighted by Crippen LogP contribution is 2.25. The maximum Gasteiger partial charge on any atom is 0.273 e. The summed E-state index contributed by atoms with van der Waals surface area (Å²) in [6, 6.07) is 3.58. The van der Waals surface area contributed by atoms with E-state index >= 15 is 0 Å². The summed E-state index contributed by atoms with van der Waals surface area (Å²) >= 11 is 3.39. The molecule has 2 aromatic rings. The van der Waals surface area contributed by atoms with Gasteiger partial charge in [-0.3, -0.25) is 14.7 Å². The molecule has 22 heavy (non-hydrogen) atoms. The van der Waals surface area contributed by atoms with Crippen molar-refractivity contribution >= 4 is 21.8 Å². The summed E-state index contributed by atoms with van der Waals surface area (Å²) in [5.41, 5.74) is 2.47. The van der Waals surface area contributed by atoms with Gasteiger partial charge in [0.05, 0.1) is 10.2 Å². The first-order chi connectivity index (χ1) is 10.3. The van der Waals surface area contributed by atoms with Crippen LogP contribution in [0.25, 0.3) is 0 Å². The van der Waals surface area contributed by atoms with Crippen LogP contribution >= 0.6 is 15.9 Å². The zero-order valence-corrected chi connectivity index (χ0v) is 14.6. The van der Waals surface area contributed by atoms with E-state index < -0.39 is 0 Å². The number of rotatable bonds is 4. The molecule has 6 nitrogen and oxygen atoms in total. The fraction of sp³-hybridized carbons (Fsp3) is 0.400. The minimum absolute atomic E-state index is 0.107. The Balaban J connectivity index is 2.14. The average Bonchev–Trinajstić information content (AvgIpc) is 2.85. The number of amides is 1. The standard InChI is InChI=1S/C15H19BrN4O2/c1-8(2)12-11(16)13(19-18-12)14(21)17-7-10-6-5-9(3)20(4)15(10)22/h5-6,8H,7H2,1-4H3,(H,17,21)(H,18,19). The molecule has 7 heteroatoms. The molecule has 2 rings (SSSR count). The van der Waals surface area contributed by atoms with Gasteiger partial charge in [-0.25, -0.2) is 0 Å². The molecule has 0 radical (unpaired) electrons. The van der Waals surface area contributed by atoms with Gasteiger partial charge in [0, 0.05) is 24.8 Å². The Morgan fingerprint density at radius 2 is 2.14 bits per heavy atom. The number of nitrogens with one attached hydrogen (secondary N) is 2. The van der Waals surface area contributed by atoms with Crippen molar-refractivity contribution in [3.63, 3.8) is 0 Å². The number of halogens is 1. The number of hydrogen-bond donors (Lipinski definition) is 2. The molecule has 118 valence electrons. The Morgan fingerprint density at radius 3 is 2.73 bits per heavy atom. The summed E-state index contributed by atoms with van der Waals surface area (Å²) in [5, 5.41) is 9.62. The Morgan fingerprint density at radius 1 is 1.45 bits per heavy atom. The number of aromatic nitrogens is 3. The van der Waals surface area contributed by atoms with Gasteiger partial charge in [-0.15, -0.1) is 0 Å². The van der Waals surface area contributed by atoms with E-state index in [4.69, 9.17) is 0 Å². The number of hydrogen-bond acceptors (Lipinski definition) is 3. The molecular formula is C15H19BrN4O2. The molecule has 0 aliphatic carbocycles. The zero-order valence-electron chi connectivity index (χ0n) is 13.0. The van der Waals surface area contributed by atoms with Crippen LogP contribution < -0.4 is 10.9 Å². The van der Waals surface area contributed by atoms with Crippen molar-refractivity contribution in [3.8, 4) is 0 Å². The molecule has 0 aliphatic rings. The molecule has 0 atom stereocenters. The van der Waals surface area contributed by atoms with Gasteiger partial charge in [0.15, 0.2) is 5.69 Å². The van der Waals surface area contributed by atoms with E-state index in [1.54, 1.807) is 17.7 Å². The molecule has 0 bridgehead atoms. The van der Waals surface area contributed by atoms with Crippen molar-refractivity contribution in [3.05, 3.63) is 49.6 Å². The predicted molar refractivity (Wildman–Crippen MR) is 88.0 cm³/mol. The molecule has 0 saturated heterocycles. The van der Waals surface area contributed by atoms with Crippen LogP contribution in [-0.2, 0) is 13.6 Å². The molecular weight excluding hydrogens is 348 g/mol. The van der Waals surface area contributed by atoms with Crippen LogP contribution in [0.2, 0.25) is 0 Å². The lowest BCUT2D eigenvalue weighted by Crippen LogP contribution is -2.30. The van der Waals surface area contributed by atoms with E-state index in [0.717, 1.165) is 11.4 Å². The Labute approximate surface area is 137 Å². The van der Waals surface area contributed by atoms with Gasteiger partial charge < -0.3 is 9.88 Å². The van der Waals surface area contributed by atoms with Crippen LogP contribution in [0.4, 0.5) is 0 Å². The first kappa shape index (κ1) is 16.5. The molecule has 0 unspecified atom stereocenters. The van der Waals surface area contributed by atoms with Crippen molar-refractivity contribution in [2.75, 3.05) is 0 Å². The maximum atomic E-state index is 12.2. The van der Waals surface area contributed by atoms with Gasteiger partial charge in [-0.05, 0) is 34.8 Å². The van der Waals surface area contributed by atoms with Gasteiger partial charge >= 0.3 is 0 Å². The van der Waals surface area contributed by atoms with Gasteiger partial charge in [0.25, 0.3) is 11.5 Å². The second-order valence-electron chi connectivity index (χ2n) is 5.50. The molecule has 1 amide bonds. The van der Waals surface area contributed by atoms with Crippen LogP contribution in [0.1, 0.15) is 47.2 Å². The van der Waals surface area contributed by atoms with E-state index in [0.29, 0.717) is 15.7 Å². The zero-order chi connectivity index (χ0) is 16.4. The van der Waals surface area contributed by atoms with E-state index in [1.165, 1.54) is 0 Å². The summed E-state index contributed by atoms with van der Waals surface area (Å²) in [5.74, 6) is -0.0922. The maximum absolute atomic E-state index is 12.2. The number of nitrogens with zero attached hydrogens (tertiary/aromatic N) is 2. The minimum Gasteiger partial charge on any atom is -0.346 e. The summed E-state index contributed by atoms with van der Waals surface area (Å²) in [4.78, 5) is 24.3. The van der Waals surface area contributed by atoms with Crippen molar-refractivity contribution in [1.82, 2.24) is 20.1 Å². The molecule has 2 aromatic heterocycles. The SMILES string of the molecule is Cc1ccc(CNC(=O)c2n[nH]c(C(C)C)c2Br)c(=O)n1C. The molecule has 0 spiro atoms. The first-order valence-corrected chi connectivity index (χ1v) is 7.79. The number of H-pyrrole nitrogens is 1. The first-order valence-electron chi connectivity index (χ1n) is 7.00. The summed E-state index contributed by atoms with van der Waals surface area (Å²) in [6.45, 7) is 6.05. The number of aryl methyl sites for hydroxylation is 1. The Hall–Kier alpha value is -1.89. The highest BCUT2D eigenvalue weighted by molar-refractivity contribution is 9.10. The van der Waals surface area contributed by atoms with Gasteiger partial charge in [-0.1, -0.05) is 19.9 Å². The number of carbonyl (C=O) groups excluding carboxylic acids is 1. The van der Waals surface area contributed by atoms with Gasteiger partial charge in [0.1, 0.15) is 0 Å². The van der Waals surface area contributed by atoms with E-state index in [9.17, 15) is 9.59 Å². The Bertz CT molecular complexity index is 761. The molecule has 0 fully saturated rings. The van der Waals surface area contributed by atoms with E-state index in [2.05, 4.69) is 31.4 Å². The quantitative estimate of drug-likeness (QED) is 0.870. The number of aromatic amines is 1. The lowest BCUT2D eigenvalue weighted by molar-refractivity contribution is 0.0945. The van der Waals surface area contributed by atoms with Crippen molar-refractivity contribution in [2.45, 2.75) is 33.2 Å². The smallest absolute Gasteiger partial charge is 0.273 e. The molecule has 2 heterocycles. The summed E-state index contributed by atoms with van der Waals surface area (Å²) < 4.78 is 2.22. The van der Waals surface area contributed by atoms with Crippen LogP contribution in [0.5, 0.6) is 0 Å². The lowest BCUT2D eigenvalue weighted by atomic mass is 10.1. The predicted octanol–water partition coefficient (Wildman–Crippen LogP) is 2.23. The largest absolute Gasteiger partial charge is 0.346 e. The monoisotopic (exact) mass is 366 g/mol. The van der Waals surface area contributed by atoms with E-state index in [-0.39, 0.29) is 23.9 Å². The van der Waals surface area contributed by atoms with Gasteiger partial charge in [0.2, 0.25) is 0 Å². The summed E-state index contributed by atoms with van der Waals surface area (Å²) in [7, 11) is 1.71. The fourth-order valence-electron chi connectivity index (χ4n) is 2.05. The summed E-state index contributed by atoms with van der Waals surface area (Å²) in [6.07, 6.45) is 0. The van der Waals surface area contributed by atoms with Crippen molar-refractivity contribution in [1.29, 1.82) is 0 Å². The van der Waals surface area contributed by atoms with Crippen LogP contribution in [0.3, 0.4) is 0 Å². The van der Waals surface area contributed by atoms with Crippen LogP contribution in [-0.4, -0.2) is 20.7 Å². The average molecular weight is 367 g/mol. The normalized spacial score (nSPS) is 11.0. The molecule has 2 N–H and O–H groups in total. The topological polar surface area (TPSA) is 79.8 Å². The molecule has 0 aliphatic heterocycles. The highest BCUT2D eigenvalue weighted by Gasteiger charge is 2.19.